The summed E-state index contributed by atoms with van der Waals surface area (Å²) in [4.78, 5) is 4.87. The van der Waals surface area contributed by atoms with Crippen molar-refractivity contribution in [2.45, 2.75) is 130 Å². The van der Waals surface area contributed by atoms with Gasteiger partial charge in [0.25, 0.3) is 0 Å². The van der Waals surface area contributed by atoms with Gasteiger partial charge in [0.2, 0.25) is 0 Å². The Hall–Kier alpha value is -0.180. The Labute approximate surface area is 176 Å². The molecule has 0 fully saturated rings. The summed E-state index contributed by atoms with van der Waals surface area (Å²) >= 11 is 2.03. The molecular weight excluding hydrogens is 348 g/mol. The Morgan fingerprint density at radius 3 is 1.70 bits per heavy atom. The van der Waals surface area contributed by atoms with Crippen LogP contribution in [0.3, 0.4) is 0 Å². The second-order valence-corrected chi connectivity index (χ2v) is 9.07. The minimum atomic E-state index is 1.01. The van der Waals surface area contributed by atoms with Crippen LogP contribution < -0.4 is 0 Å². The van der Waals surface area contributed by atoms with E-state index in [4.69, 9.17) is 4.99 Å². The summed E-state index contributed by atoms with van der Waals surface area (Å²) in [6.07, 6.45) is 21.8. The first-order valence-corrected chi connectivity index (χ1v) is 13.1. The summed E-state index contributed by atoms with van der Waals surface area (Å²) in [7, 11) is 0. The second-order valence-electron chi connectivity index (χ2n) is 7.96. The van der Waals surface area contributed by atoms with E-state index in [1.165, 1.54) is 121 Å². The van der Waals surface area contributed by atoms with Crippen molar-refractivity contribution in [1.29, 1.82) is 0 Å². The number of rotatable bonds is 20. The Bertz CT molecular complexity index is 318. The fourth-order valence-electron chi connectivity index (χ4n) is 3.27. The molecule has 0 aliphatic rings. The number of unbranched alkanes of at least 4 members (excludes halogenated alkanes) is 13. The summed E-state index contributed by atoms with van der Waals surface area (Å²) in [5.74, 6) is 2.51. The van der Waals surface area contributed by atoms with Crippen molar-refractivity contribution in [2.24, 2.45) is 4.99 Å². The number of nitrogens with zero attached hydrogens (tertiary/aromatic N) is 2. The molecule has 162 valence electrons. The van der Waals surface area contributed by atoms with E-state index >= 15 is 0 Å². The third-order valence-electron chi connectivity index (χ3n) is 5.17. The van der Waals surface area contributed by atoms with E-state index in [1.54, 1.807) is 0 Å². The zero-order chi connectivity index (χ0) is 20.0. The van der Waals surface area contributed by atoms with E-state index in [9.17, 15) is 0 Å². The molecule has 27 heavy (non-hydrogen) atoms. The first kappa shape index (κ1) is 26.8. The molecule has 3 heteroatoms. The summed E-state index contributed by atoms with van der Waals surface area (Å²) in [6.45, 7) is 11.3. The molecule has 0 atom stereocenters. The Morgan fingerprint density at radius 1 is 0.630 bits per heavy atom. The number of hydrogen-bond acceptors (Lipinski definition) is 2. The van der Waals surface area contributed by atoms with E-state index in [0.29, 0.717) is 0 Å². The highest BCUT2D eigenvalue weighted by atomic mass is 32.2. The summed E-state index contributed by atoms with van der Waals surface area (Å²) in [6, 6.07) is 0. The zero-order valence-electron chi connectivity index (χ0n) is 19.2. The van der Waals surface area contributed by atoms with Crippen LogP contribution in [0.4, 0.5) is 0 Å². The van der Waals surface area contributed by atoms with Gasteiger partial charge in [-0.25, -0.2) is 0 Å². The normalized spacial score (nSPS) is 11.9. The van der Waals surface area contributed by atoms with Crippen LogP contribution in [0.25, 0.3) is 0 Å². The first-order chi connectivity index (χ1) is 13.3. The molecule has 0 saturated heterocycles. The number of amidine groups is 1. The summed E-state index contributed by atoms with van der Waals surface area (Å²) in [5.41, 5.74) is 0. The molecule has 0 unspecified atom stereocenters. The molecular formula is C24H50N2S. The van der Waals surface area contributed by atoms with Gasteiger partial charge in [-0.1, -0.05) is 104 Å². The highest BCUT2D eigenvalue weighted by Gasteiger charge is 2.07. The average molecular weight is 399 g/mol. The van der Waals surface area contributed by atoms with Crippen molar-refractivity contribution in [3.05, 3.63) is 0 Å². The molecule has 0 aromatic rings. The summed E-state index contributed by atoms with van der Waals surface area (Å²) < 4.78 is 2.50. The monoisotopic (exact) mass is 398 g/mol. The topological polar surface area (TPSA) is 15.6 Å². The largest absolute Gasteiger partial charge is 0.305 e. The maximum absolute atomic E-state index is 4.87. The van der Waals surface area contributed by atoms with E-state index in [-0.39, 0.29) is 0 Å². The smallest absolute Gasteiger partial charge is 0.106 e. The van der Waals surface area contributed by atoms with E-state index in [1.807, 2.05) is 11.9 Å². The van der Waals surface area contributed by atoms with E-state index in [2.05, 4.69) is 32.0 Å². The van der Waals surface area contributed by atoms with Crippen LogP contribution in [0.5, 0.6) is 0 Å². The molecule has 0 aromatic heterocycles. The molecule has 0 N–H and O–H groups in total. The van der Waals surface area contributed by atoms with Gasteiger partial charge in [0.05, 0.1) is 0 Å². The van der Waals surface area contributed by atoms with E-state index < -0.39 is 0 Å². The Balaban J connectivity index is 4.01. The van der Waals surface area contributed by atoms with Crippen molar-refractivity contribution in [2.75, 3.05) is 18.8 Å². The van der Waals surface area contributed by atoms with Crippen molar-refractivity contribution >= 4 is 17.8 Å². The number of hydrogen-bond donors (Lipinski definition) is 0. The fraction of sp³-hybridized carbons (Fsp3) is 0.958. The average Bonchev–Trinajstić information content (AvgIpc) is 2.68. The molecule has 0 amide bonds. The quantitative estimate of drug-likeness (QED) is 0.0882. The highest BCUT2D eigenvalue weighted by molar-refractivity contribution is 7.97. The second kappa shape index (κ2) is 22.1. The molecule has 0 aromatic carbocycles. The lowest BCUT2D eigenvalue weighted by Crippen LogP contribution is -2.24. The zero-order valence-corrected chi connectivity index (χ0v) is 20.1. The first-order valence-electron chi connectivity index (χ1n) is 12.2. The standard InChI is InChI=1S/C24H50N2S/c1-5-8-11-14-15-16-17-20-23-27-26(22-19-13-10-7-3)24(4)25-21-18-12-9-6-2/h5-23H2,1-4H3. The predicted octanol–water partition coefficient (Wildman–Crippen LogP) is 8.66. The SMILES string of the molecule is CCCCCCCCCCSN(CCCCCC)C(C)=NCCCCCC. The maximum atomic E-state index is 4.87. The highest BCUT2D eigenvalue weighted by Crippen LogP contribution is 2.17. The molecule has 0 aliphatic carbocycles. The Morgan fingerprint density at radius 2 is 1.11 bits per heavy atom. The van der Waals surface area contributed by atoms with Gasteiger partial charge in [-0.2, -0.15) is 0 Å². The lowest BCUT2D eigenvalue weighted by molar-refractivity contribution is 0.568. The number of aliphatic imine (C=N–C) groups is 1. The summed E-state index contributed by atoms with van der Waals surface area (Å²) in [5, 5.41) is 0. The van der Waals surface area contributed by atoms with Crippen LogP contribution in [-0.4, -0.2) is 29.0 Å². The minimum Gasteiger partial charge on any atom is -0.305 e. The molecule has 2 nitrogen and oxygen atoms in total. The fourth-order valence-corrected chi connectivity index (χ4v) is 4.33. The van der Waals surface area contributed by atoms with Gasteiger partial charge >= 0.3 is 0 Å². The van der Waals surface area contributed by atoms with Gasteiger partial charge in [-0.15, -0.1) is 0 Å². The van der Waals surface area contributed by atoms with Crippen molar-refractivity contribution in [1.82, 2.24) is 4.31 Å². The third kappa shape index (κ3) is 18.9. The van der Waals surface area contributed by atoms with E-state index in [0.717, 1.165) is 6.54 Å². The lowest BCUT2D eigenvalue weighted by Gasteiger charge is -2.23. The van der Waals surface area contributed by atoms with Crippen molar-refractivity contribution < 1.29 is 0 Å². The maximum Gasteiger partial charge on any atom is 0.106 e. The minimum absolute atomic E-state index is 1.01. The van der Waals surface area contributed by atoms with Gasteiger partial charge in [0.15, 0.2) is 0 Å². The molecule has 0 spiro atoms. The molecule has 0 rings (SSSR count). The van der Waals surface area contributed by atoms with Gasteiger partial charge < -0.3 is 4.31 Å². The van der Waals surface area contributed by atoms with Crippen LogP contribution in [0.1, 0.15) is 130 Å². The van der Waals surface area contributed by atoms with Crippen LogP contribution >= 0.6 is 11.9 Å². The van der Waals surface area contributed by atoms with Crippen molar-refractivity contribution in [3.63, 3.8) is 0 Å². The molecule has 0 heterocycles. The van der Waals surface area contributed by atoms with Crippen LogP contribution in [0, 0.1) is 0 Å². The molecule has 0 aliphatic heterocycles. The lowest BCUT2D eigenvalue weighted by atomic mass is 10.1. The van der Waals surface area contributed by atoms with Gasteiger partial charge in [-0.3, -0.25) is 4.99 Å². The molecule has 0 saturated carbocycles. The molecule has 0 radical (unpaired) electrons. The van der Waals surface area contributed by atoms with Gasteiger partial charge in [-0.05, 0) is 38.1 Å². The van der Waals surface area contributed by atoms with Gasteiger partial charge in [0, 0.05) is 18.8 Å². The van der Waals surface area contributed by atoms with Crippen LogP contribution in [-0.2, 0) is 0 Å². The van der Waals surface area contributed by atoms with Crippen molar-refractivity contribution in [3.8, 4) is 0 Å². The van der Waals surface area contributed by atoms with Crippen LogP contribution in [0.15, 0.2) is 4.99 Å². The van der Waals surface area contributed by atoms with Gasteiger partial charge in [0.1, 0.15) is 5.84 Å². The molecule has 0 bridgehead atoms. The third-order valence-corrected chi connectivity index (χ3v) is 6.40. The van der Waals surface area contributed by atoms with Crippen LogP contribution in [0.2, 0.25) is 0 Å². The predicted molar refractivity (Wildman–Crippen MR) is 128 cm³/mol. The Kier molecular flexibility index (Phi) is 22.0.